The summed E-state index contributed by atoms with van der Waals surface area (Å²) in [6.45, 7) is 1.49. The Morgan fingerprint density at radius 2 is 2.00 bits per heavy atom. The van der Waals surface area contributed by atoms with Crippen molar-refractivity contribution in [1.29, 1.82) is 0 Å². The molecule has 0 aliphatic carbocycles. The molecule has 5 heteroatoms. The lowest BCUT2D eigenvalue weighted by atomic mass is 10.1. The van der Waals surface area contributed by atoms with E-state index in [-0.39, 0.29) is 11.7 Å². The molecule has 0 atom stereocenters. The maximum absolute atomic E-state index is 11.2. The number of nitrogens with zero attached hydrogens (tertiary/aromatic N) is 1. The van der Waals surface area contributed by atoms with Crippen molar-refractivity contribution in [2.24, 2.45) is 0 Å². The van der Waals surface area contributed by atoms with Crippen molar-refractivity contribution in [3.05, 3.63) is 40.7 Å². The first-order chi connectivity index (χ1) is 9.74. The van der Waals surface area contributed by atoms with E-state index < -0.39 is 0 Å². The second-order valence-corrected chi connectivity index (χ2v) is 5.03. The van der Waals surface area contributed by atoms with Gasteiger partial charge in [0, 0.05) is 42.9 Å². The molecule has 104 valence electrons. The smallest absolute Gasteiger partial charge is 0.248 e. The molecule has 1 fully saturated rings. The van der Waals surface area contributed by atoms with Crippen molar-refractivity contribution >= 4 is 17.3 Å². The Morgan fingerprint density at radius 1 is 1.20 bits per heavy atom. The highest BCUT2D eigenvalue weighted by Crippen LogP contribution is 2.22. The van der Waals surface area contributed by atoms with Crippen LogP contribution in [0.1, 0.15) is 12.8 Å². The molecule has 20 heavy (non-hydrogen) atoms. The number of fused-ring (bicyclic) bond motifs is 1. The van der Waals surface area contributed by atoms with Crippen molar-refractivity contribution in [2.75, 3.05) is 13.1 Å². The second-order valence-electron chi connectivity index (χ2n) is 5.03. The first-order valence-electron chi connectivity index (χ1n) is 6.74. The van der Waals surface area contributed by atoms with E-state index in [0.717, 1.165) is 49.0 Å². The predicted molar refractivity (Wildman–Crippen MR) is 75.9 cm³/mol. The number of amides is 1. The third kappa shape index (κ3) is 2.66. The van der Waals surface area contributed by atoms with Crippen molar-refractivity contribution < 1.29 is 9.53 Å². The Balaban J connectivity index is 1.73. The van der Waals surface area contributed by atoms with Crippen LogP contribution in [0.25, 0.3) is 10.9 Å². The molecule has 0 radical (unpaired) electrons. The van der Waals surface area contributed by atoms with Gasteiger partial charge in [-0.1, -0.05) is 0 Å². The van der Waals surface area contributed by atoms with Crippen LogP contribution in [0.5, 0.6) is 5.75 Å². The van der Waals surface area contributed by atoms with Crippen LogP contribution in [0.2, 0.25) is 0 Å². The molecule has 1 N–H and O–H groups in total. The number of nitrogens with one attached hydrogen (secondary N) is 1. The van der Waals surface area contributed by atoms with Gasteiger partial charge in [-0.2, -0.15) is 0 Å². The van der Waals surface area contributed by atoms with Crippen LogP contribution >= 0.6 is 0 Å². The summed E-state index contributed by atoms with van der Waals surface area (Å²) in [6.07, 6.45) is 2.74. The Bertz CT molecular complexity index is 672. The van der Waals surface area contributed by atoms with Gasteiger partial charge in [0.05, 0.1) is 0 Å². The molecule has 3 rings (SSSR count). The van der Waals surface area contributed by atoms with Crippen molar-refractivity contribution in [1.82, 2.24) is 9.88 Å². The number of hydrogen-bond acceptors (Lipinski definition) is 3. The van der Waals surface area contributed by atoms with Gasteiger partial charge in [-0.3, -0.25) is 9.59 Å². The van der Waals surface area contributed by atoms with Crippen LogP contribution in [0, 0.1) is 0 Å². The lowest BCUT2D eigenvalue weighted by molar-refractivity contribution is -0.119. The monoisotopic (exact) mass is 272 g/mol. The molecule has 1 aliphatic heterocycles. The van der Waals surface area contributed by atoms with Crippen LogP contribution in [-0.2, 0) is 4.79 Å². The molecule has 0 spiro atoms. The van der Waals surface area contributed by atoms with Crippen LogP contribution in [-0.4, -0.2) is 35.5 Å². The molecule has 0 saturated carbocycles. The molecule has 1 aliphatic rings. The third-order valence-corrected chi connectivity index (χ3v) is 3.62. The largest absolute Gasteiger partial charge is 0.490 e. The zero-order valence-electron chi connectivity index (χ0n) is 11.0. The molecule has 1 aromatic carbocycles. The van der Waals surface area contributed by atoms with Crippen LogP contribution < -0.4 is 10.3 Å². The molecule has 1 saturated heterocycles. The standard InChI is InChI=1S/C15H16N2O3/c18-10-17-7-5-12(6-8-17)20-13-2-3-14-11(9-13)1-4-15(19)16-14/h1-4,9-10,12H,5-8H2,(H,16,19). The Morgan fingerprint density at radius 3 is 2.75 bits per heavy atom. The molecule has 0 bridgehead atoms. The number of carbonyl (C=O) groups excluding carboxylic acids is 1. The van der Waals surface area contributed by atoms with Crippen molar-refractivity contribution in [2.45, 2.75) is 18.9 Å². The minimum atomic E-state index is -0.104. The number of pyridine rings is 1. The fraction of sp³-hybridized carbons (Fsp3) is 0.333. The molecule has 1 aromatic heterocycles. The number of piperidine rings is 1. The molecule has 1 amide bonds. The quantitative estimate of drug-likeness (QED) is 0.862. The van der Waals surface area contributed by atoms with E-state index in [4.69, 9.17) is 4.74 Å². The van der Waals surface area contributed by atoms with Gasteiger partial charge in [-0.05, 0) is 24.3 Å². The molecule has 5 nitrogen and oxygen atoms in total. The van der Waals surface area contributed by atoms with Gasteiger partial charge >= 0.3 is 0 Å². The number of hydrogen-bond donors (Lipinski definition) is 1. The van der Waals surface area contributed by atoms with Crippen molar-refractivity contribution in [3.63, 3.8) is 0 Å². The van der Waals surface area contributed by atoms with E-state index >= 15 is 0 Å². The Kier molecular flexibility index (Phi) is 3.41. The summed E-state index contributed by atoms with van der Waals surface area (Å²) in [7, 11) is 0. The summed E-state index contributed by atoms with van der Waals surface area (Å²) in [6, 6.07) is 8.94. The maximum atomic E-state index is 11.2. The predicted octanol–water partition coefficient (Wildman–Crippen LogP) is 1.53. The number of carbonyl (C=O) groups is 1. The number of rotatable bonds is 3. The Hall–Kier alpha value is -2.30. The number of ether oxygens (including phenoxy) is 1. The third-order valence-electron chi connectivity index (χ3n) is 3.62. The second kappa shape index (κ2) is 5.36. The van der Waals surface area contributed by atoms with Gasteiger partial charge in [-0.15, -0.1) is 0 Å². The zero-order chi connectivity index (χ0) is 13.9. The van der Waals surface area contributed by atoms with E-state index in [1.54, 1.807) is 11.0 Å². The minimum absolute atomic E-state index is 0.104. The number of H-pyrrole nitrogens is 1. The normalized spacial score (nSPS) is 16.3. The van der Waals surface area contributed by atoms with Crippen LogP contribution in [0.3, 0.4) is 0 Å². The van der Waals surface area contributed by atoms with E-state index in [1.807, 2.05) is 18.2 Å². The van der Waals surface area contributed by atoms with Crippen molar-refractivity contribution in [3.8, 4) is 5.75 Å². The number of likely N-dealkylation sites (tertiary alicyclic amines) is 1. The highest BCUT2D eigenvalue weighted by atomic mass is 16.5. The summed E-state index contributed by atoms with van der Waals surface area (Å²) in [5.41, 5.74) is 0.702. The highest BCUT2D eigenvalue weighted by Gasteiger charge is 2.19. The summed E-state index contributed by atoms with van der Waals surface area (Å²) in [5.74, 6) is 0.800. The number of aromatic nitrogens is 1. The van der Waals surface area contributed by atoms with Crippen LogP contribution in [0.4, 0.5) is 0 Å². The lowest BCUT2D eigenvalue weighted by Gasteiger charge is -2.29. The topological polar surface area (TPSA) is 62.4 Å². The van der Waals surface area contributed by atoms with E-state index in [2.05, 4.69) is 4.98 Å². The minimum Gasteiger partial charge on any atom is -0.490 e. The number of benzene rings is 1. The summed E-state index contributed by atoms with van der Waals surface area (Å²) >= 11 is 0. The van der Waals surface area contributed by atoms with Gasteiger partial charge in [0.15, 0.2) is 0 Å². The fourth-order valence-electron chi connectivity index (χ4n) is 2.50. The van der Waals surface area contributed by atoms with E-state index in [0.29, 0.717) is 0 Å². The number of aromatic amines is 1. The van der Waals surface area contributed by atoms with Gasteiger partial charge < -0.3 is 14.6 Å². The summed E-state index contributed by atoms with van der Waals surface area (Å²) < 4.78 is 5.95. The summed E-state index contributed by atoms with van der Waals surface area (Å²) in [4.78, 5) is 26.4. The zero-order valence-corrected chi connectivity index (χ0v) is 11.0. The van der Waals surface area contributed by atoms with E-state index in [9.17, 15) is 9.59 Å². The van der Waals surface area contributed by atoms with Gasteiger partial charge in [0.1, 0.15) is 11.9 Å². The maximum Gasteiger partial charge on any atom is 0.248 e. The first kappa shape index (κ1) is 12.7. The molecule has 2 aromatic rings. The average Bonchev–Trinajstić information content (AvgIpc) is 2.48. The van der Waals surface area contributed by atoms with E-state index in [1.165, 1.54) is 6.07 Å². The molecular formula is C15H16N2O3. The SMILES string of the molecule is O=CN1CCC(Oc2ccc3[nH]c(=O)ccc3c2)CC1. The lowest BCUT2D eigenvalue weighted by Crippen LogP contribution is -2.37. The molecular weight excluding hydrogens is 256 g/mol. The highest BCUT2D eigenvalue weighted by molar-refractivity contribution is 5.79. The summed E-state index contributed by atoms with van der Waals surface area (Å²) in [5, 5.41) is 0.951. The van der Waals surface area contributed by atoms with Crippen LogP contribution in [0.15, 0.2) is 35.1 Å². The van der Waals surface area contributed by atoms with Gasteiger partial charge in [-0.25, -0.2) is 0 Å². The van der Waals surface area contributed by atoms with Gasteiger partial charge in [0.25, 0.3) is 0 Å². The molecule has 2 heterocycles. The van der Waals surface area contributed by atoms with Gasteiger partial charge in [0.2, 0.25) is 12.0 Å². The fourth-order valence-corrected chi connectivity index (χ4v) is 2.50. The molecule has 0 unspecified atom stereocenters. The average molecular weight is 272 g/mol. The first-order valence-corrected chi connectivity index (χ1v) is 6.74. The Labute approximate surface area is 116 Å².